The smallest absolute Gasteiger partial charge is 0.411 e. The zero-order valence-electron chi connectivity index (χ0n) is 20.7. The summed E-state index contributed by atoms with van der Waals surface area (Å²) in [5, 5.41) is 2.95. The Balaban J connectivity index is 3.55. The van der Waals surface area contributed by atoms with Crippen molar-refractivity contribution in [2.24, 2.45) is 5.92 Å². The molecule has 0 unspecified atom stereocenters. The van der Waals surface area contributed by atoms with Crippen molar-refractivity contribution in [3.8, 4) is 0 Å². The van der Waals surface area contributed by atoms with Crippen molar-refractivity contribution in [3.63, 3.8) is 0 Å². The Bertz CT molecular complexity index is 723. The Morgan fingerprint density at radius 3 is 1.97 bits per heavy atom. The number of amides is 2. The molecular formula is C24H40N2O5. The van der Waals surface area contributed by atoms with Gasteiger partial charge in [-0.1, -0.05) is 23.8 Å². The molecule has 1 rings (SSSR count). The fourth-order valence-corrected chi connectivity index (χ4v) is 3.77. The van der Waals surface area contributed by atoms with E-state index in [2.05, 4.69) is 5.32 Å². The van der Waals surface area contributed by atoms with Crippen LogP contribution in [0.15, 0.2) is 23.8 Å². The number of nitrogens with zero attached hydrogens (tertiary/aromatic N) is 1. The Labute approximate surface area is 187 Å². The molecule has 0 aromatic rings. The normalized spacial score (nSPS) is 22.8. The summed E-state index contributed by atoms with van der Waals surface area (Å²) >= 11 is 0. The minimum Gasteiger partial charge on any atom is -0.458 e. The average Bonchev–Trinajstić information content (AvgIpc) is 2.90. The van der Waals surface area contributed by atoms with E-state index >= 15 is 0 Å². The standard InChI is InChI=1S/C24H40N2O5/c1-11-12-17-14-19(21(28)30-23(5,6)7)26(22(29)31-24(8,9)10)20(17)18(13-15(2)3)25-16(4)27/h11-13,17-20H,14H2,1-10H3,(H,25,27)/b12-11-/t17-,18+,19-,20-/m1/s1. The average molecular weight is 437 g/mol. The molecule has 2 amide bonds. The molecular weight excluding hydrogens is 396 g/mol. The van der Waals surface area contributed by atoms with Crippen LogP contribution in [0.5, 0.6) is 0 Å². The van der Waals surface area contributed by atoms with Crippen LogP contribution in [0.4, 0.5) is 4.79 Å². The van der Waals surface area contributed by atoms with Gasteiger partial charge in [-0.3, -0.25) is 9.69 Å². The molecule has 1 aliphatic heterocycles. The van der Waals surface area contributed by atoms with E-state index in [0.717, 1.165) is 5.57 Å². The first kappa shape index (κ1) is 26.7. The molecule has 0 aromatic heterocycles. The lowest BCUT2D eigenvalue weighted by atomic mass is 9.91. The predicted octanol–water partition coefficient (Wildman–Crippen LogP) is 4.37. The number of ether oxygens (including phenoxy) is 2. The molecule has 1 N–H and O–H groups in total. The van der Waals surface area contributed by atoms with E-state index in [9.17, 15) is 14.4 Å². The monoisotopic (exact) mass is 436 g/mol. The number of nitrogens with one attached hydrogen (secondary N) is 1. The van der Waals surface area contributed by atoms with Crippen molar-refractivity contribution >= 4 is 18.0 Å². The van der Waals surface area contributed by atoms with Gasteiger partial charge in [-0.05, 0) is 68.7 Å². The van der Waals surface area contributed by atoms with Crippen LogP contribution in [0.2, 0.25) is 0 Å². The van der Waals surface area contributed by atoms with E-state index in [-0.39, 0.29) is 11.8 Å². The largest absolute Gasteiger partial charge is 0.458 e. The van der Waals surface area contributed by atoms with Gasteiger partial charge in [-0.2, -0.15) is 0 Å². The molecule has 0 aliphatic carbocycles. The summed E-state index contributed by atoms with van der Waals surface area (Å²) in [6.45, 7) is 17.9. The number of hydrogen-bond acceptors (Lipinski definition) is 5. The molecule has 0 radical (unpaired) electrons. The van der Waals surface area contributed by atoms with Gasteiger partial charge in [-0.15, -0.1) is 0 Å². The van der Waals surface area contributed by atoms with Crippen molar-refractivity contribution in [1.29, 1.82) is 0 Å². The zero-order valence-corrected chi connectivity index (χ0v) is 20.7. The second kappa shape index (κ2) is 10.3. The maximum atomic E-state index is 13.3. The first-order chi connectivity index (χ1) is 14.1. The SMILES string of the molecule is C/C=C\[C@@H]1C[C@H](C(=O)OC(C)(C)C)N(C(=O)OC(C)(C)C)[C@H]1[C@H](C=C(C)C)NC(C)=O. The maximum absolute atomic E-state index is 13.3. The molecule has 1 aliphatic rings. The van der Waals surface area contributed by atoms with Crippen molar-refractivity contribution in [2.75, 3.05) is 0 Å². The minimum absolute atomic E-state index is 0.164. The van der Waals surface area contributed by atoms with Crippen LogP contribution in [0.25, 0.3) is 0 Å². The highest BCUT2D eigenvalue weighted by Crippen LogP contribution is 2.36. The van der Waals surface area contributed by atoms with Gasteiger partial charge in [0.15, 0.2) is 0 Å². The summed E-state index contributed by atoms with van der Waals surface area (Å²) in [6, 6.07) is -1.80. The number of hydrogen-bond donors (Lipinski definition) is 1. The topological polar surface area (TPSA) is 84.9 Å². The molecule has 0 saturated carbocycles. The van der Waals surface area contributed by atoms with E-state index in [1.807, 2.05) is 39.0 Å². The number of carbonyl (C=O) groups is 3. The number of allylic oxidation sites excluding steroid dienone is 2. The predicted molar refractivity (Wildman–Crippen MR) is 121 cm³/mol. The van der Waals surface area contributed by atoms with Crippen molar-refractivity contribution in [3.05, 3.63) is 23.8 Å². The van der Waals surface area contributed by atoms with Crippen LogP contribution in [0.1, 0.15) is 75.7 Å². The number of rotatable bonds is 5. The molecule has 1 fully saturated rings. The van der Waals surface area contributed by atoms with E-state index in [4.69, 9.17) is 9.47 Å². The van der Waals surface area contributed by atoms with Crippen LogP contribution in [-0.4, -0.2) is 52.2 Å². The molecule has 7 heteroatoms. The lowest BCUT2D eigenvalue weighted by Gasteiger charge is -2.36. The van der Waals surface area contributed by atoms with E-state index < -0.39 is 41.4 Å². The number of carbonyl (C=O) groups excluding carboxylic acids is 3. The van der Waals surface area contributed by atoms with Gasteiger partial charge in [0.25, 0.3) is 0 Å². The van der Waals surface area contributed by atoms with Gasteiger partial charge in [0.1, 0.15) is 17.2 Å². The van der Waals surface area contributed by atoms with Gasteiger partial charge in [0.2, 0.25) is 5.91 Å². The van der Waals surface area contributed by atoms with E-state index in [0.29, 0.717) is 6.42 Å². The van der Waals surface area contributed by atoms with Crippen LogP contribution < -0.4 is 5.32 Å². The van der Waals surface area contributed by atoms with E-state index in [1.165, 1.54) is 11.8 Å². The first-order valence-electron chi connectivity index (χ1n) is 10.8. The van der Waals surface area contributed by atoms with Gasteiger partial charge in [-0.25, -0.2) is 9.59 Å². The zero-order chi connectivity index (χ0) is 24.1. The fraction of sp³-hybridized carbons (Fsp3) is 0.708. The Kier molecular flexibility index (Phi) is 8.91. The minimum atomic E-state index is -0.818. The van der Waals surface area contributed by atoms with Crippen LogP contribution in [-0.2, 0) is 19.1 Å². The Hall–Kier alpha value is -2.31. The second-order valence-corrected chi connectivity index (χ2v) is 10.3. The van der Waals surface area contributed by atoms with Gasteiger partial charge in [0.05, 0.1) is 12.1 Å². The Morgan fingerprint density at radius 2 is 1.55 bits per heavy atom. The molecule has 1 heterocycles. The molecule has 4 atom stereocenters. The molecule has 0 aromatic carbocycles. The highest BCUT2D eigenvalue weighted by Gasteiger charge is 2.51. The highest BCUT2D eigenvalue weighted by atomic mass is 16.6. The fourth-order valence-electron chi connectivity index (χ4n) is 3.77. The molecule has 7 nitrogen and oxygen atoms in total. The van der Waals surface area contributed by atoms with Crippen molar-refractivity contribution in [1.82, 2.24) is 10.2 Å². The van der Waals surface area contributed by atoms with E-state index in [1.54, 1.807) is 41.5 Å². The molecule has 0 spiro atoms. The molecule has 0 bridgehead atoms. The highest BCUT2D eigenvalue weighted by molar-refractivity contribution is 5.83. The summed E-state index contributed by atoms with van der Waals surface area (Å²) in [5.41, 5.74) is -0.441. The summed E-state index contributed by atoms with van der Waals surface area (Å²) in [4.78, 5) is 39.9. The van der Waals surface area contributed by atoms with Gasteiger partial charge >= 0.3 is 12.1 Å². The quantitative estimate of drug-likeness (QED) is 0.511. The third kappa shape index (κ3) is 8.38. The van der Waals surface area contributed by atoms with Crippen LogP contribution in [0.3, 0.4) is 0 Å². The van der Waals surface area contributed by atoms with Gasteiger partial charge < -0.3 is 14.8 Å². The number of esters is 1. The summed E-state index contributed by atoms with van der Waals surface area (Å²) in [6.07, 6.45) is 5.57. The van der Waals surface area contributed by atoms with Crippen LogP contribution in [0, 0.1) is 5.92 Å². The summed E-state index contributed by atoms with van der Waals surface area (Å²) < 4.78 is 11.3. The number of likely N-dealkylation sites (tertiary alicyclic amines) is 1. The Morgan fingerprint density at radius 1 is 1.00 bits per heavy atom. The summed E-state index contributed by atoms with van der Waals surface area (Å²) in [5.74, 6) is -0.858. The third-order valence-electron chi connectivity index (χ3n) is 4.56. The lowest BCUT2D eigenvalue weighted by Crippen LogP contribution is -2.56. The van der Waals surface area contributed by atoms with Gasteiger partial charge in [0, 0.05) is 12.8 Å². The van der Waals surface area contributed by atoms with Crippen molar-refractivity contribution < 1.29 is 23.9 Å². The first-order valence-corrected chi connectivity index (χ1v) is 10.8. The second-order valence-electron chi connectivity index (χ2n) is 10.3. The molecule has 176 valence electrons. The maximum Gasteiger partial charge on any atom is 0.411 e. The van der Waals surface area contributed by atoms with Crippen molar-refractivity contribution in [2.45, 2.75) is 105 Å². The molecule has 31 heavy (non-hydrogen) atoms. The summed E-state index contributed by atoms with van der Waals surface area (Å²) in [7, 11) is 0. The van der Waals surface area contributed by atoms with Crippen LogP contribution >= 0.6 is 0 Å². The third-order valence-corrected chi connectivity index (χ3v) is 4.56. The lowest BCUT2D eigenvalue weighted by molar-refractivity contribution is -0.160. The molecule has 1 saturated heterocycles.